The van der Waals surface area contributed by atoms with Gasteiger partial charge < -0.3 is 9.64 Å². The average Bonchev–Trinajstić information content (AvgIpc) is 3.06. The molecule has 1 aliphatic heterocycles. The minimum Gasteiger partial charge on any atom is -0.458 e. The van der Waals surface area contributed by atoms with Gasteiger partial charge in [0.15, 0.2) is 0 Å². The van der Waals surface area contributed by atoms with Crippen LogP contribution in [0.3, 0.4) is 0 Å². The van der Waals surface area contributed by atoms with Gasteiger partial charge in [-0.15, -0.1) is 11.3 Å². The molecule has 0 N–H and O–H groups in total. The summed E-state index contributed by atoms with van der Waals surface area (Å²) < 4.78 is 6.96. The zero-order valence-electron chi connectivity index (χ0n) is 13.1. The zero-order chi connectivity index (χ0) is 16.4. The Hall–Kier alpha value is -2.47. The van der Waals surface area contributed by atoms with E-state index in [1.54, 1.807) is 29.8 Å². The molecule has 0 saturated carbocycles. The van der Waals surface area contributed by atoms with E-state index in [9.17, 15) is 4.79 Å². The SMILES string of the molecule is O=C(c1cc2ccccc2s1)N1CCCC(Oc2ncccn2)C1. The molecule has 3 aromatic rings. The number of ether oxygens (including phenoxy) is 1. The molecule has 1 aromatic carbocycles. The third kappa shape index (κ3) is 3.10. The van der Waals surface area contributed by atoms with Crippen molar-refractivity contribution >= 4 is 27.3 Å². The van der Waals surface area contributed by atoms with E-state index in [-0.39, 0.29) is 12.0 Å². The third-order valence-corrected chi connectivity index (χ3v) is 5.22. The zero-order valence-corrected chi connectivity index (χ0v) is 13.9. The number of rotatable bonds is 3. The largest absolute Gasteiger partial charge is 0.458 e. The highest BCUT2D eigenvalue weighted by Crippen LogP contribution is 2.27. The summed E-state index contributed by atoms with van der Waals surface area (Å²) in [5.74, 6) is 0.0819. The van der Waals surface area contributed by atoms with Gasteiger partial charge in [0, 0.05) is 23.6 Å². The number of piperidine rings is 1. The van der Waals surface area contributed by atoms with Crippen molar-refractivity contribution in [1.82, 2.24) is 14.9 Å². The molecule has 0 radical (unpaired) electrons. The second-order valence-electron chi connectivity index (χ2n) is 5.81. The van der Waals surface area contributed by atoms with Crippen molar-refractivity contribution < 1.29 is 9.53 Å². The molecule has 1 unspecified atom stereocenters. The van der Waals surface area contributed by atoms with Gasteiger partial charge >= 0.3 is 6.01 Å². The van der Waals surface area contributed by atoms with Crippen molar-refractivity contribution in [2.75, 3.05) is 13.1 Å². The fourth-order valence-corrected chi connectivity index (χ4v) is 3.99. The standard InChI is InChI=1S/C18H17N3O2S/c22-17(16-11-13-5-1-2-7-15(13)24-16)21-10-3-6-14(12-21)23-18-19-8-4-9-20-18/h1-2,4-5,7-9,11,14H,3,6,10,12H2. The molecule has 1 amide bonds. The predicted octanol–water partition coefficient (Wildman–Crippen LogP) is 3.37. The first-order valence-electron chi connectivity index (χ1n) is 8.01. The fourth-order valence-electron chi connectivity index (χ4n) is 2.96. The lowest BCUT2D eigenvalue weighted by atomic mass is 10.1. The van der Waals surface area contributed by atoms with Gasteiger partial charge in [0.05, 0.1) is 11.4 Å². The Bertz CT molecular complexity index is 817. The molecule has 0 spiro atoms. The first kappa shape index (κ1) is 15.1. The Kier molecular flexibility index (Phi) is 4.13. The van der Waals surface area contributed by atoms with E-state index in [1.165, 1.54) is 0 Å². The van der Waals surface area contributed by atoms with Crippen LogP contribution in [0.15, 0.2) is 48.8 Å². The van der Waals surface area contributed by atoms with Gasteiger partial charge in [-0.05, 0) is 36.4 Å². The average molecular weight is 339 g/mol. The maximum Gasteiger partial charge on any atom is 0.316 e. The molecule has 1 fully saturated rings. The van der Waals surface area contributed by atoms with Gasteiger partial charge in [0.1, 0.15) is 6.10 Å². The fraction of sp³-hybridized carbons (Fsp3) is 0.278. The minimum absolute atomic E-state index is 0.0560. The van der Waals surface area contributed by atoms with Crippen LogP contribution in [0.4, 0.5) is 0 Å². The summed E-state index contributed by atoms with van der Waals surface area (Å²) >= 11 is 1.55. The van der Waals surface area contributed by atoms with Crippen molar-refractivity contribution in [2.24, 2.45) is 0 Å². The summed E-state index contributed by atoms with van der Waals surface area (Å²) in [4.78, 5) is 23.7. The van der Waals surface area contributed by atoms with Crippen molar-refractivity contribution in [3.8, 4) is 6.01 Å². The number of amides is 1. The first-order chi connectivity index (χ1) is 11.8. The molecule has 1 saturated heterocycles. The monoisotopic (exact) mass is 339 g/mol. The summed E-state index contributed by atoms with van der Waals surface area (Å²) in [6.45, 7) is 1.34. The van der Waals surface area contributed by atoms with Crippen LogP contribution in [0, 0.1) is 0 Å². The third-order valence-electron chi connectivity index (χ3n) is 4.12. The number of fused-ring (bicyclic) bond motifs is 1. The van der Waals surface area contributed by atoms with Gasteiger partial charge in [-0.2, -0.15) is 0 Å². The number of benzene rings is 1. The van der Waals surface area contributed by atoms with Crippen LogP contribution in [-0.4, -0.2) is 40.0 Å². The molecule has 0 bridgehead atoms. The Balaban J connectivity index is 1.48. The summed E-state index contributed by atoms with van der Waals surface area (Å²) in [6, 6.07) is 12.2. The van der Waals surface area contributed by atoms with Crippen LogP contribution >= 0.6 is 11.3 Å². The van der Waals surface area contributed by atoms with Crippen LogP contribution < -0.4 is 4.74 Å². The molecular formula is C18H17N3O2S. The smallest absolute Gasteiger partial charge is 0.316 e. The van der Waals surface area contributed by atoms with Gasteiger partial charge in [-0.3, -0.25) is 4.79 Å². The van der Waals surface area contributed by atoms with Crippen LogP contribution in [0.5, 0.6) is 6.01 Å². The highest BCUT2D eigenvalue weighted by atomic mass is 32.1. The topological polar surface area (TPSA) is 55.3 Å². The van der Waals surface area contributed by atoms with Crippen LogP contribution in [0.2, 0.25) is 0 Å². The van der Waals surface area contributed by atoms with Crippen LogP contribution in [0.1, 0.15) is 22.5 Å². The molecule has 4 rings (SSSR count). The Labute approximate surface area is 143 Å². The van der Waals surface area contributed by atoms with Gasteiger partial charge in [-0.1, -0.05) is 18.2 Å². The molecule has 1 atom stereocenters. The number of hydrogen-bond acceptors (Lipinski definition) is 5. The van der Waals surface area contributed by atoms with E-state index < -0.39 is 0 Å². The van der Waals surface area contributed by atoms with Gasteiger partial charge in [0.2, 0.25) is 0 Å². The highest BCUT2D eigenvalue weighted by molar-refractivity contribution is 7.20. The van der Waals surface area contributed by atoms with Crippen molar-refractivity contribution in [2.45, 2.75) is 18.9 Å². The second-order valence-corrected chi connectivity index (χ2v) is 6.90. The molecule has 1 aliphatic rings. The van der Waals surface area contributed by atoms with Crippen molar-refractivity contribution in [1.29, 1.82) is 0 Å². The van der Waals surface area contributed by atoms with Crippen LogP contribution in [-0.2, 0) is 0 Å². The second kappa shape index (κ2) is 6.57. The van der Waals surface area contributed by atoms with E-state index >= 15 is 0 Å². The Morgan fingerprint density at radius 2 is 2.04 bits per heavy atom. The van der Waals surface area contributed by atoms with Gasteiger partial charge in [-0.25, -0.2) is 9.97 Å². The lowest BCUT2D eigenvalue weighted by molar-refractivity contribution is 0.0520. The number of likely N-dealkylation sites (tertiary alicyclic amines) is 1. The Morgan fingerprint density at radius 1 is 1.21 bits per heavy atom. The number of carbonyl (C=O) groups is 1. The summed E-state index contributed by atoms with van der Waals surface area (Å²) in [6.07, 6.45) is 5.10. The summed E-state index contributed by atoms with van der Waals surface area (Å²) in [5, 5.41) is 1.12. The first-order valence-corrected chi connectivity index (χ1v) is 8.83. The highest BCUT2D eigenvalue weighted by Gasteiger charge is 2.27. The summed E-state index contributed by atoms with van der Waals surface area (Å²) in [7, 11) is 0. The number of nitrogens with zero attached hydrogens (tertiary/aromatic N) is 3. The predicted molar refractivity (Wildman–Crippen MR) is 93.4 cm³/mol. The molecule has 6 heteroatoms. The normalized spacial score (nSPS) is 17.8. The number of carbonyl (C=O) groups excluding carboxylic acids is 1. The molecule has 0 aliphatic carbocycles. The molecule has 24 heavy (non-hydrogen) atoms. The molecular weight excluding hydrogens is 322 g/mol. The van der Waals surface area contributed by atoms with Crippen molar-refractivity contribution in [3.63, 3.8) is 0 Å². The Morgan fingerprint density at radius 3 is 2.88 bits per heavy atom. The molecule has 3 heterocycles. The maximum atomic E-state index is 12.8. The maximum absolute atomic E-state index is 12.8. The minimum atomic E-state index is -0.0560. The lowest BCUT2D eigenvalue weighted by Gasteiger charge is -2.32. The lowest BCUT2D eigenvalue weighted by Crippen LogP contribution is -2.44. The van der Waals surface area contributed by atoms with Gasteiger partial charge in [0.25, 0.3) is 5.91 Å². The van der Waals surface area contributed by atoms with E-state index in [4.69, 9.17) is 4.74 Å². The van der Waals surface area contributed by atoms with E-state index in [1.807, 2.05) is 35.2 Å². The molecule has 5 nitrogen and oxygen atoms in total. The number of thiophene rings is 1. The van der Waals surface area contributed by atoms with E-state index in [2.05, 4.69) is 9.97 Å². The number of aromatic nitrogens is 2. The quantitative estimate of drug-likeness (QED) is 0.734. The van der Waals surface area contributed by atoms with E-state index in [0.717, 1.165) is 34.3 Å². The van der Waals surface area contributed by atoms with Crippen molar-refractivity contribution in [3.05, 3.63) is 53.7 Å². The molecule has 122 valence electrons. The van der Waals surface area contributed by atoms with Crippen LogP contribution in [0.25, 0.3) is 10.1 Å². The molecule has 2 aromatic heterocycles. The summed E-state index contributed by atoms with van der Waals surface area (Å²) in [5.41, 5.74) is 0. The van der Waals surface area contributed by atoms with E-state index in [0.29, 0.717) is 12.6 Å². The number of hydrogen-bond donors (Lipinski definition) is 0.